The van der Waals surface area contributed by atoms with E-state index in [4.69, 9.17) is 0 Å². The molecule has 1 heterocycles. The van der Waals surface area contributed by atoms with Crippen LogP contribution in [0.4, 0.5) is 0 Å². The Labute approximate surface area is 163 Å². The second kappa shape index (κ2) is 10.2. The maximum absolute atomic E-state index is 4.44. The van der Waals surface area contributed by atoms with Gasteiger partial charge < -0.3 is 10.6 Å². The molecule has 1 aliphatic heterocycles. The van der Waals surface area contributed by atoms with Crippen molar-refractivity contribution in [3.05, 3.63) is 35.4 Å². The third kappa shape index (κ3) is 5.65. The summed E-state index contributed by atoms with van der Waals surface area (Å²) in [6, 6.07) is 9.40. The summed E-state index contributed by atoms with van der Waals surface area (Å²) in [5.74, 6) is 0.935. The highest BCUT2D eigenvalue weighted by Gasteiger charge is 2.24. The Kier molecular flexibility index (Phi) is 7.69. The van der Waals surface area contributed by atoms with Gasteiger partial charge in [0.05, 0.1) is 0 Å². The predicted octanol–water partition coefficient (Wildman–Crippen LogP) is 3.62. The first-order valence-electron chi connectivity index (χ1n) is 10.1. The van der Waals surface area contributed by atoms with Crippen LogP contribution in [0.15, 0.2) is 29.3 Å². The van der Waals surface area contributed by atoms with E-state index < -0.39 is 0 Å². The van der Waals surface area contributed by atoms with E-state index in [0.29, 0.717) is 6.04 Å². The number of nitrogens with zero attached hydrogens (tertiary/aromatic N) is 2. The summed E-state index contributed by atoms with van der Waals surface area (Å²) in [7, 11) is 1.87. The Morgan fingerprint density at radius 1 is 1.15 bits per heavy atom. The normalized spacial score (nSPS) is 24.6. The van der Waals surface area contributed by atoms with E-state index in [-0.39, 0.29) is 0 Å². The molecule has 1 saturated heterocycles. The predicted molar refractivity (Wildman–Crippen MR) is 114 cm³/mol. The van der Waals surface area contributed by atoms with Crippen LogP contribution in [0.5, 0.6) is 0 Å². The van der Waals surface area contributed by atoms with Crippen LogP contribution in [-0.4, -0.2) is 48.5 Å². The van der Waals surface area contributed by atoms with Crippen LogP contribution in [-0.2, 0) is 13.1 Å². The Morgan fingerprint density at radius 2 is 1.92 bits per heavy atom. The van der Waals surface area contributed by atoms with E-state index in [1.807, 2.05) is 18.8 Å². The van der Waals surface area contributed by atoms with E-state index in [9.17, 15) is 0 Å². The van der Waals surface area contributed by atoms with Crippen molar-refractivity contribution in [2.24, 2.45) is 4.99 Å². The highest BCUT2D eigenvalue weighted by atomic mass is 32.2. The van der Waals surface area contributed by atoms with Gasteiger partial charge in [-0.2, -0.15) is 11.8 Å². The number of benzene rings is 1. The molecule has 2 fully saturated rings. The second-order valence-electron chi connectivity index (χ2n) is 7.54. The van der Waals surface area contributed by atoms with Crippen LogP contribution < -0.4 is 10.6 Å². The van der Waals surface area contributed by atoms with E-state index in [0.717, 1.165) is 24.3 Å². The van der Waals surface area contributed by atoms with Gasteiger partial charge in [-0.3, -0.25) is 9.89 Å². The van der Waals surface area contributed by atoms with Gasteiger partial charge in [0.15, 0.2) is 5.96 Å². The molecular weight excluding hydrogens is 340 g/mol. The number of nitrogens with one attached hydrogen (secondary N) is 2. The van der Waals surface area contributed by atoms with E-state index in [1.54, 1.807) is 0 Å². The number of thioether (sulfide) groups is 1. The van der Waals surface area contributed by atoms with Crippen molar-refractivity contribution in [3.8, 4) is 0 Å². The minimum atomic E-state index is 0.558. The van der Waals surface area contributed by atoms with Crippen molar-refractivity contribution < 1.29 is 0 Å². The molecule has 2 unspecified atom stereocenters. The van der Waals surface area contributed by atoms with Crippen LogP contribution in [0.2, 0.25) is 0 Å². The molecule has 0 aromatic heterocycles. The fourth-order valence-corrected chi connectivity index (χ4v) is 4.89. The zero-order chi connectivity index (χ0) is 18.2. The van der Waals surface area contributed by atoms with Crippen molar-refractivity contribution in [1.82, 2.24) is 15.5 Å². The molecule has 0 bridgehead atoms. The second-order valence-corrected chi connectivity index (χ2v) is 8.68. The standard InChI is InChI=1S/C21H34N4S/c1-22-21(24-19-10-11-20(14-19)26-2)23-15-17-8-4-5-9-18(17)16-25-12-6-3-7-13-25/h4-5,8-9,19-20H,3,6-7,10-16H2,1-2H3,(H2,22,23,24). The zero-order valence-corrected chi connectivity index (χ0v) is 17.2. The molecule has 2 atom stereocenters. The van der Waals surface area contributed by atoms with E-state index in [1.165, 1.54) is 62.7 Å². The molecule has 4 nitrogen and oxygen atoms in total. The molecule has 26 heavy (non-hydrogen) atoms. The van der Waals surface area contributed by atoms with Gasteiger partial charge in [-0.1, -0.05) is 30.7 Å². The summed E-state index contributed by atoms with van der Waals surface area (Å²) in [5.41, 5.74) is 2.83. The van der Waals surface area contributed by atoms with Gasteiger partial charge in [0, 0.05) is 31.4 Å². The van der Waals surface area contributed by atoms with Gasteiger partial charge >= 0.3 is 0 Å². The minimum Gasteiger partial charge on any atom is -0.354 e. The topological polar surface area (TPSA) is 39.7 Å². The Hall–Kier alpha value is -1.20. The van der Waals surface area contributed by atoms with Crippen molar-refractivity contribution in [2.45, 2.75) is 62.9 Å². The zero-order valence-electron chi connectivity index (χ0n) is 16.3. The lowest BCUT2D eigenvalue weighted by Crippen LogP contribution is -2.42. The number of hydrogen-bond donors (Lipinski definition) is 2. The van der Waals surface area contributed by atoms with Gasteiger partial charge in [0.25, 0.3) is 0 Å². The highest BCUT2D eigenvalue weighted by molar-refractivity contribution is 7.99. The number of hydrogen-bond acceptors (Lipinski definition) is 3. The van der Waals surface area contributed by atoms with Gasteiger partial charge in [0.2, 0.25) is 0 Å². The fraction of sp³-hybridized carbons (Fsp3) is 0.667. The molecule has 1 saturated carbocycles. The van der Waals surface area contributed by atoms with Gasteiger partial charge in [-0.05, 0) is 62.6 Å². The number of guanidine groups is 1. The maximum Gasteiger partial charge on any atom is 0.191 e. The molecule has 0 radical (unpaired) electrons. The van der Waals surface area contributed by atoms with Crippen LogP contribution in [0, 0.1) is 0 Å². The molecule has 2 aliphatic rings. The summed E-state index contributed by atoms with van der Waals surface area (Å²) in [6.07, 6.45) is 10.1. The summed E-state index contributed by atoms with van der Waals surface area (Å²) < 4.78 is 0. The molecule has 1 aromatic rings. The monoisotopic (exact) mass is 374 g/mol. The average molecular weight is 375 g/mol. The van der Waals surface area contributed by atoms with Gasteiger partial charge in [-0.15, -0.1) is 0 Å². The molecular formula is C21H34N4S. The molecule has 5 heteroatoms. The van der Waals surface area contributed by atoms with Gasteiger partial charge in [-0.25, -0.2) is 0 Å². The van der Waals surface area contributed by atoms with Crippen LogP contribution in [0.25, 0.3) is 0 Å². The lowest BCUT2D eigenvalue weighted by Gasteiger charge is -2.27. The van der Waals surface area contributed by atoms with Crippen molar-refractivity contribution in [1.29, 1.82) is 0 Å². The lowest BCUT2D eigenvalue weighted by atomic mass is 10.0. The lowest BCUT2D eigenvalue weighted by molar-refractivity contribution is 0.220. The third-order valence-electron chi connectivity index (χ3n) is 5.69. The summed E-state index contributed by atoms with van der Waals surface area (Å²) in [6.45, 7) is 4.39. The molecule has 1 aromatic carbocycles. The third-order valence-corrected chi connectivity index (χ3v) is 6.78. The van der Waals surface area contributed by atoms with Crippen LogP contribution >= 0.6 is 11.8 Å². The van der Waals surface area contributed by atoms with Crippen molar-refractivity contribution in [3.63, 3.8) is 0 Å². The Bertz CT molecular complexity index is 583. The Morgan fingerprint density at radius 3 is 2.62 bits per heavy atom. The smallest absolute Gasteiger partial charge is 0.191 e. The molecule has 0 spiro atoms. The van der Waals surface area contributed by atoms with Crippen LogP contribution in [0.3, 0.4) is 0 Å². The first kappa shape index (κ1) is 19.6. The minimum absolute atomic E-state index is 0.558. The largest absolute Gasteiger partial charge is 0.354 e. The molecule has 144 valence electrons. The molecule has 1 aliphatic carbocycles. The first-order chi connectivity index (χ1) is 12.8. The quantitative estimate of drug-likeness (QED) is 0.589. The summed E-state index contributed by atoms with van der Waals surface area (Å²) >= 11 is 1.99. The van der Waals surface area contributed by atoms with Crippen LogP contribution in [0.1, 0.15) is 49.7 Å². The number of aliphatic imine (C=N–C) groups is 1. The van der Waals surface area contributed by atoms with E-state index >= 15 is 0 Å². The van der Waals surface area contributed by atoms with Crippen molar-refractivity contribution >= 4 is 17.7 Å². The first-order valence-corrected chi connectivity index (χ1v) is 11.4. The maximum atomic E-state index is 4.44. The Balaban J connectivity index is 1.53. The van der Waals surface area contributed by atoms with Gasteiger partial charge in [0.1, 0.15) is 0 Å². The van der Waals surface area contributed by atoms with E-state index in [2.05, 4.69) is 51.0 Å². The number of likely N-dealkylation sites (tertiary alicyclic amines) is 1. The highest BCUT2D eigenvalue weighted by Crippen LogP contribution is 2.28. The molecule has 0 amide bonds. The number of piperidine rings is 1. The number of rotatable bonds is 6. The fourth-order valence-electron chi connectivity index (χ4n) is 4.09. The molecule has 3 rings (SSSR count). The summed E-state index contributed by atoms with van der Waals surface area (Å²) in [5, 5.41) is 7.95. The molecule has 2 N–H and O–H groups in total. The average Bonchev–Trinajstić information content (AvgIpc) is 3.14. The van der Waals surface area contributed by atoms with Crippen molar-refractivity contribution in [2.75, 3.05) is 26.4 Å². The summed E-state index contributed by atoms with van der Waals surface area (Å²) in [4.78, 5) is 7.03. The SMILES string of the molecule is CN=C(NCc1ccccc1CN1CCCCC1)NC1CCC(SC)C1.